The number of carbonyl (C=O) groups is 2. The molecule has 0 amide bonds. The Hall–Kier alpha value is -1.36. The van der Waals surface area contributed by atoms with E-state index in [1.165, 1.54) is 11.8 Å². The molecule has 2 heterocycles. The van der Waals surface area contributed by atoms with E-state index >= 15 is 0 Å². The molecule has 72 valence electrons. The van der Waals surface area contributed by atoms with Crippen LogP contribution in [0.25, 0.3) is 0 Å². The second kappa shape index (κ2) is 3.42. The molecule has 0 N–H and O–H groups in total. The zero-order valence-electron chi connectivity index (χ0n) is 7.44. The van der Waals surface area contributed by atoms with Gasteiger partial charge in [0, 0.05) is 6.20 Å². The van der Waals surface area contributed by atoms with E-state index in [-0.39, 0.29) is 6.42 Å². The first kappa shape index (κ1) is 9.21. The summed E-state index contributed by atoms with van der Waals surface area (Å²) in [5.41, 5.74) is 1.09. The Labute approximate surface area is 84.7 Å². The predicted octanol–water partition coefficient (Wildman–Crippen LogP) is 1.04. The van der Waals surface area contributed by atoms with Gasteiger partial charge in [-0.25, -0.2) is 9.78 Å². The molecule has 1 aromatic heterocycles. The molecule has 1 aromatic rings. The smallest absolute Gasteiger partial charge is 0.346 e. The summed E-state index contributed by atoms with van der Waals surface area (Å²) in [5, 5.41) is 0.745. The summed E-state index contributed by atoms with van der Waals surface area (Å²) < 4.78 is 4.50. The van der Waals surface area contributed by atoms with Crippen LogP contribution >= 0.6 is 11.8 Å². The number of nitrogens with zero attached hydrogens (tertiary/aromatic N) is 1. The van der Waals surface area contributed by atoms with Gasteiger partial charge in [-0.05, 0) is 17.9 Å². The first-order valence-corrected chi connectivity index (χ1v) is 5.21. The number of ether oxygens (including phenoxy) is 1. The van der Waals surface area contributed by atoms with Crippen molar-refractivity contribution in [2.75, 3.05) is 6.26 Å². The molecule has 2 rings (SSSR count). The normalized spacial score (nSPS) is 14.9. The number of rotatable bonds is 1. The Morgan fingerprint density at radius 3 is 3.00 bits per heavy atom. The number of cyclic esters (lactones) is 2. The molecular formula is C9H7NO3S. The van der Waals surface area contributed by atoms with Gasteiger partial charge in [-0.15, -0.1) is 11.8 Å². The zero-order valence-corrected chi connectivity index (χ0v) is 8.26. The van der Waals surface area contributed by atoms with E-state index in [0.29, 0.717) is 11.1 Å². The average molecular weight is 209 g/mol. The fourth-order valence-electron chi connectivity index (χ4n) is 1.26. The summed E-state index contributed by atoms with van der Waals surface area (Å²) in [4.78, 5) is 26.3. The monoisotopic (exact) mass is 209 g/mol. The number of esters is 2. The highest BCUT2D eigenvalue weighted by Crippen LogP contribution is 2.21. The van der Waals surface area contributed by atoms with Gasteiger partial charge in [0.1, 0.15) is 0 Å². The molecule has 0 bridgehead atoms. The summed E-state index contributed by atoms with van der Waals surface area (Å²) >= 11 is 1.44. The van der Waals surface area contributed by atoms with Crippen molar-refractivity contribution in [3.05, 3.63) is 23.4 Å². The van der Waals surface area contributed by atoms with Crippen molar-refractivity contribution in [3.63, 3.8) is 0 Å². The highest BCUT2D eigenvalue weighted by atomic mass is 32.2. The van der Waals surface area contributed by atoms with Crippen molar-refractivity contribution in [3.8, 4) is 0 Å². The Morgan fingerprint density at radius 2 is 2.29 bits per heavy atom. The number of fused-ring (bicyclic) bond motifs is 1. The lowest BCUT2D eigenvalue weighted by Gasteiger charge is -2.13. The van der Waals surface area contributed by atoms with Crippen LogP contribution in [0, 0.1) is 0 Å². The SMILES string of the molecule is CSc1cc2c(cn1)CC(=O)OC2=O. The van der Waals surface area contributed by atoms with Gasteiger partial charge in [0.15, 0.2) is 0 Å². The third-order valence-corrected chi connectivity index (χ3v) is 2.57. The third kappa shape index (κ3) is 1.50. The number of carbonyl (C=O) groups excluding carboxylic acids is 2. The van der Waals surface area contributed by atoms with Gasteiger partial charge in [0.25, 0.3) is 0 Å². The van der Waals surface area contributed by atoms with Gasteiger partial charge < -0.3 is 4.74 Å². The largest absolute Gasteiger partial charge is 0.389 e. The Balaban J connectivity index is 2.49. The minimum atomic E-state index is -0.575. The molecule has 1 aliphatic rings. The maximum absolute atomic E-state index is 11.3. The van der Waals surface area contributed by atoms with Gasteiger partial charge in [-0.1, -0.05) is 0 Å². The summed E-state index contributed by atoms with van der Waals surface area (Å²) in [5.74, 6) is -1.09. The lowest BCUT2D eigenvalue weighted by atomic mass is 10.1. The van der Waals surface area contributed by atoms with Crippen molar-refractivity contribution < 1.29 is 14.3 Å². The zero-order chi connectivity index (χ0) is 10.1. The van der Waals surface area contributed by atoms with Crippen LogP contribution in [0.15, 0.2) is 17.3 Å². The van der Waals surface area contributed by atoms with E-state index < -0.39 is 11.9 Å². The lowest BCUT2D eigenvalue weighted by molar-refractivity contribution is -0.137. The fourth-order valence-corrected chi connectivity index (χ4v) is 1.65. The maximum Gasteiger partial charge on any atom is 0.346 e. The summed E-state index contributed by atoms with van der Waals surface area (Å²) in [6, 6.07) is 1.65. The molecule has 0 saturated heterocycles. The molecule has 0 radical (unpaired) electrons. The summed E-state index contributed by atoms with van der Waals surface area (Å²) in [7, 11) is 0. The van der Waals surface area contributed by atoms with Crippen LogP contribution in [-0.2, 0) is 16.0 Å². The summed E-state index contributed by atoms with van der Waals surface area (Å²) in [6.45, 7) is 0. The molecule has 0 spiro atoms. The van der Waals surface area contributed by atoms with Crippen molar-refractivity contribution in [2.24, 2.45) is 0 Å². The van der Waals surface area contributed by atoms with Crippen LogP contribution in [0.1, 0.15) is 15.9 Å². The van der Waals surface area contributed by atoms with Crippen LogP contribution in [0.3, 0.4) is 0 Å². The van der Waals surface area contributed by atoms with Crippen LogP contribution in [0.2, 0.25) is 0 Å². The molecule has 0 saturated carbocycles. The molecule has 0 aromatic carbocycles. The molecule has 14 heavy (non-hydrogen) atoms. The van der Waals surface area contributed by atoms with Crippen LogP contribution in [-0.4, -0.2) is 23.2 Å². The standard InChI is InChI=1S/C9H7NO3S/c1-14-7-3-6-5(4-10-7)2-8(11)13-9(6)12/h3-4H,2H2,1H3. The molecule has 5 heteroatoms. The van der Waals surface area contributed by atoms with E-state index in [4.69, 9.17) is 0 Å². The Kier molecular flexibility index (Phi) is 2.25. The van der Waals surface area contributed by atoms with Gasteiger partial charge >= 0.3 is 11.9 Å². The molecule has 0 fully saturated rings. The van der Waals surface area contributed by atoms with Crippen molar-refractivity contribution >= 4 is 23.7 Å². The Morgan fingerprint density at radius 1 is 1.50 bits per heavy atom. The minimum Gasteiger partial charge on any atom is -0.389 e. The van der Waals surface area contributed by atoms with Gasteiger partial charge in [-0.3, -0.25) is 4.79 Å². The Bertz CT molecular complexity index is 417. The lowest BCUT2D eigenvalue weighted by Crippen LogP contribution is -2.23. The second-order valence-electron chi connectivity index (χ2n) is 2.82. The molecule has 4 nitrogen and oxygen atoms in total. The van der Waals surface area contributed by atoms with Crippen LogP contribution in [0.5, 0.6) is 0 Å². The van der Waals surface area contributed by atoms with Gasteiger partial charge in [-0.2, -0.15) is 0 Å². The quantitative estimate of drug-likeness (QED) is 0.393. The number of pyridine rings is 1. The third-order valence-electron chi connectivity index (χ3n) is 1.93. The van der Waals surface area contributed by atoms with Crippen LogP contribution < -0.4 is 0 Å². The fraction of sp³-hybridized carbons (Fsp3) is 0.222. The number of thioether (sulfide) groups is 1. The number of hydrogen-bond donors (Lipinski definition) is 0. The van der Waals surface area contributed by atoms with E-state index in [1.54, 1.807) is 12.3 Å². The average Bonchev–Trinajstić information content (AvgIpc) is 2.17. The maximum atomic E-state index is 11.3. The van der Waals surface area contributed by atoms with Crippen LogP contribution in [0.4, 0.5) is 0 Å². The first-order chi connectivity index (χ1) is 6.70. The predicted molar refractivity (Wildman–Crippen MR) is 50.1 cm³/mol. The molecule has 0 atom stereocenters. The van der Waals surface area contributed by atoms with Crippen molar-refractivity contribution in [1.82, 2.24) is 4.98 Å². The van der Waals surface area contributed by atoms with Crippen molar-refractivity contribution in [1.29, 1.82) is 0 Å². The van der Waals surface area contributed by atoms with E-state index in [9.17, 15) is 9.59 Å². The molecular weight excluding hydrogens is 202 g/mol. The van der Waals surface area contributed by atoms with Gasteiger partial charge in [0.2, 0.25) is 0 Å². The summed E-state index contributed by atoms with van der Waals surface area (Å²) in [6.07, 6.45) is 3.55. The highest BCUT2D eigenvalue weighted by molar-refractivity contribution is 7.98. The topological polar surface area (TPSA) is 56.3 Å². The second-order valence-corrected chi connectivity index (χ2v) is 3.65. The van der Waals surface area contributed by atoms with Gasteiger partial charge in [0.05, 0.1) is 17.0 Å². The molecule has 1 aliphatic heterocycles. The van der Waals surface area contributed by atoms with Crippen molar-refractivity contribution in [2.45, 2.75) is 11.4 Å². The highest BCUT2D eigenvalue weighted by Gasteiger charge is 2.25. The minimum absolute atomic E-state index is 0.128. The first-order valence-electron chi connectivity index (χ1n) is 3.98. The number of aromatic nitrogens is 1. The molecule has 0 aliphatic carbocycles. The van der Waals surface area contributed by atoms with E-state index in [0.717, 1.165) is 5.03 Å². The number of hydrogen-bond acceptors (Lipinski definition) is 5. The molecule has 0 unspecified atom stereocenters. The van der Waals surface area contributed by atoms with E-state index in [1.807, 2.05) is 6.26 Å². The van der Waals surface area contributed by atoms with E-state index in [2.05, 4.69) is 9.72 Å².